The molecule has 0 bridgehead atoms. The smallest absolute Gasteiger partial charge is 0.274 e. The molecule has 1 aromatic heterocycles. The zero-order valence-electron chi connectivity index (χ0n) is 13.3. The predicted molar refractivity (Wildman–Crippen MR) is 83.9 cm³/mol. The van der Waals surface area contributed by atoms with Gasteiger partial charge in [0.2, 0.25) is 0 Å². The van der Waals surface area contributed by atoms with Crippen LogP contribution in [0.2, 0.25) is 0 Å². The zero-order valence-corrected chi connectivity index (χ0v) is 13.3. The molecule has 1 aliphatic heterocycles. The fraction of sp³-hybridized carbons (Fsp3) is 0.750. The maximum Gasteiger partial charge on any atom is 0.274 e. The number of amides is 1. The normalized spacial score (nSPS) is 23.2. The third-order valence-electron chi connectivity index (χ3n) is 4.67. The molecule has 0 spiro atoms. The minimum absolute atomic E-state index is 0.0307. The third kappa shape index (κ3) is 3.17. The summed E-state index contributed by atoms with van der Waals surface area (Å²) in [6.07, 6.45) is 4.80. The molecule has 22 heavy (non-hydrogen) atoms. The second kappa shape index (κ2) is 6.79. The molecule has 2 heterocycles. The number of nitrogens with one attached hydrogen (secondary N) is 1. The van der Waals surface area contributed by atoms with Crippen molar-refractivity contribution in [2.75, 3.05) is 32.7 Å². The van der Waals surface area contributed by atoms with E-state index in [2.05, 4.69) is 22.0 Å². The van der Waals surface area contributed by atoms with Gasteiger partial charge in [-0.3, -0.25) is 14.8 Å². The van der Waals surface area contributed by atoms with Gasteiger partial charge in [0.1, 0.15) is 0 Å². The van der Waals surface area contributed by atoms with E-state index in [1.807, 2.05) is 0 Å². The highest BCUT2D eigenvalue weighted by molar-refractivity contribution is 5.94. The molecule has 0 aromatic carbocycles. The second-order valence-corrected chi connectivity index (χ2v) is 6.44. The number of aromatic amines is 1. The Hall–Kier alpha value is -1.40. The maximum absolute atomic E-state index is 12.8. The molecule has 122 valence electrons. The molecule has 2 N–H and O–H groups in total. The summed E-state index contributed by atoms with van der Waals surface area (Å²) in [5.41, 5.74) is 2.80. The van der Waals surface area contributed by atoms with Crippen molar-refractivity contribution in [3.63, 3.8) is 0 Å². The van der Waals surface area contributed by atoms with Crippen LogP contribution in [0, 0.1) is 0 Å². The molecule has 1 fully saturated rings. The number of aliphatic hydroxyl groups excluding tert-OH is 1. The van der Waals surface area contributed by atoms with Crippen LogP contribution in [0.3, 0.4) is 0 Å². The first-order valence-corrected chi connectivity index (χ1v) is 8.44. The lowest BCUT2D eigenvalue weighted by molar-refractivity contribution is 0.0657. The molecule has 6 nitrogen and oxygen atoms in total. The Morgan fingerprint density at radius 3 is 2.95 bits per heavy atom. The largest absolute Gasteiger partial charge is 0.390 e. The van der Waals surface area contributed by atoms with E-state index in [4.69, 9.17) is 0 Å². The lowest BCUT2D eigenvalue weighted by Crippen LogP contribution is -2.38. The predicted octanol–water partition coefficient (Wildman–Crippen LogP) is 0.817. The first-order valence-electron chi connectivity index (χ1n) is 8.44. The van der Waals surface area contributed by atoms with Gasteiger partial charge in [-0.15, -0.1) is 0 Å². The standard InChI is InChI=1S/C16H26N4O2/c1-2-7-19-8-9-20(11-12(21)10-19)16(22)15-13-5-3-4-6-14(13)17-18-15/h12,21H,2-11H2,1H3,(H,17,18)/t12-/m0/s1. The number of rotatable bonds is 3. The summed E-state index contributed by atoms with van der Waals surface area (Å²) in [6, 6.07) is 0. The summed E-state index contributed by atoms with van der Waals surface area (Å²) in [7, 11) is 0. The van der Waals surface area contributed by atoms with Crippen molar-refractivity contribution >= 4 is 5.91 Å². The molecule has 1 saturated heterocycles. The minimum Gasteiger partial charge on any atom is -0.390 e. The Labute approximate surface area is 131 Å². The summed E-state index contributed by atoms with van der Waals surface area (Å²) in [5.74, 6) is -0.0307. The molecule has 0 unspecified atom stereocenters. The van der Waals surface area contributed by atoms with Crippen molar-refractivity contribution in [3.05, 3.63) is 17.0 Å². The van der Waals surface area contributed by atoms with E-state index in [9.17, 15) is 9.90 Å². The van der Waals surface area contributed by atoms with Gasteiger partial charge in [-0.1, -0.05) is 6.92 Å². The van der Waals surface area contributed by atoms with E-state index >= 15 is 0 Å². The van der Waals surface area contributed by atoms with E-state index in [0.717, 1.165) is 56.5 Å². The van der Waals surface area contributed by atoms with Gasteiger partial charge in [-0.25, -0.2) is 0 Å². The van der Waals surface area contributed by atoms with Gasteiger partial charge in [-0.2, -0.15) is 5.10 Å². The van der Waals surface area contributed by atoms with Crippen molar-refractivity contribution in [3.8, 4) is 0 Å². The number of aromatic nitrogens is 2. The highest BCUT2D eigenvalue weighted by Crippen LogP contribution is 2.23. The van der Waals surface area contributed by atoms with E-state index in [1.54, 1.807) is 4.90 Å². The summed E-state index contributed by atoms with van der Waals surface area (Å²) >= 11 is 0. The number of nitrogens with zero attached hydrogens (tertiary/aromatic N) is 3. The lowest BCUT2D eigenvalue weighted by Gasteiger charge is -2.22. The van der Waals surface area contributed by atoms with Crippen LogP contribution in [0.25, 0.3) is 0 Å². The average molecular weight is 306 g/mol. The van der Waals surface area contributed by atoms with Gasteiger partial charge in [0.05, 0.1) is 6.10 Å². The molecule has 1 amide bonds. The van der Waals surface area contributed by atoms with E-state index < -0.39 is 6.10 Å². The number of aliphatic hydroxyl groups is 1. The number of β-amino-alcohol motifs (C(OH)–C–C–N with tert-alkyl or cyclic N) is 1. The van der Waals surface area contributed by atoms with Crippen molar-refractivity contribution < 1.29 is 9.90 Å². The van der Waals surface area contributed by atoms with Gasteiger partial charge in [0.25, 0.3) is 5.91 Å². The number of hydrogen-bond acceptors (Lipinski definition) is 4. The Morgan fingerprint density at radius 1 is 1.32 bits per heavy atom. The van der Waals surface area contributed by atoms with Gasteiger partial charge >= 0.3 is 0 Å². The highest BCUT2D eigenvalue weighted by Gasteiger charge is 2.29. The third-order valence-corrected chi connectivity index (χ3v) is 4.67. The maximum atomic E-state index is 12.8. The van der Waals surface area contributed by atoms with Gasteiger partial charge in [0, 0.05) is 37.4 Å². The Bertz CT molecular complexity index is 528. The van der Waals surface area contributed by atoms with Crippen LogP contribution in [-0.4, -0.2) is 69.8 Å². The number of carbonyl (C=O) groups is 1. The Morgan fingerprint density at radius 2 is 2.14 bits per heavy atom. The van der Waals surface area contributed by atoms with E-state index in [1.165, 1.54) is 0 Å². The van der Waals surface area contributed by atoms with Gasteiger partial charge < -0.3 is 10.0 Å². The summed E-state index contributed by atoms with van der Waals surface area (Å²) in [4.78, 5) is 16.8. The molecule has 0 saturated carbocycles. The molecule has 6 heteroatoms. The Balaban J connectivity index is 1.73. The molecule has 1 aromatic rings. The number of carbonyl (C=O) groups excluding carboxylic acids is 1. The fourth-order valence-corrected chi connectivity index (χ4v) is 3.57. The molecular weight excluding hydrogens is 280 g/mol. The zero-order chi connectivity index (χ0) is 15.5. The first-order chi connectivity index (χ1) is 10.7. The van der Waals surface area contributed by atoms with E-state index in [0.29, 0.717) is 25.3 Å². The van der Waals surface area contributed by atoms with Crippen LogP contribution in [0.5, 0.6) is 0 Å². The van der Waals surface area contributed by atoms with Crippen molar-refractivity contribution in [2.24, 2.45) is 0 Å². The molecule has 1 aliphatic carbocycles. The SMILES string of the molecule is CCCN1CCN(C(=O)c2n[nH]c3c2CCCC3)C[C@@H](O)C1. The summed E-state index contributed by atoms with van der Waals surface area (Å²) < 4.78 is 0. The number of aryl methyl sites for hydroxylation is 1. The highest BCUT2D eigenvalue weighted by atomic mass is 16.3. The summed E-state index contributed by atoms with van der Waals surface area (Å²) in [6.45, 7) is 5.64. The monoisotopic (exact) mass is 306 g/mol. The molecule has 1 atom stereocenters. The fourth-order valence-electron chi connectivity index (χ4n) is 3.57. The topological polar surface area (TPSA) is 72.5 Å². The van der Waals surface area contributed by atoms with E-state index in [-0.39, 0.29) is 5.91 Å². The van der Waals surface area contributed by atoms with Crippen LogP contribution < -0.4 is 0 Å². The number of hydrogen-bond donors (Lipinski definition) is 2. The average Bonchev–Trinajstić information content (AvgIpc) is 2.85. The van der Waals surface area contributed by atoms with Crippen LogP contribution in [0.15, 0.2) is 0 Å². The van der Waals surface area contributed by atoms with Crippen LogP contribution in [0.1, 0.15) is 47.9 Å². The number of H-pyrrole nitrogens is 1. The second-order valence-electron chi connectivity index (χ2n) is 6.44. The van der Waals surface area contributed by atoms with Crippen LogP contribution in [-0.2, 0) is 12.8 Å². The van der Waals surface area contributed by atoms with Crippen molar-refractivity contribution in [2.45, 2.75) is 45.1 Å². The minimum atomic E-state index is -0.479. The van der Waals surface area contributed by atoms with Crippen molar-refractivity contribution in [1.82, 2.24) is 20.0 Å². The molecule has 0 radical (unpaired) electrons. The lowest BCUT2D eigenvalue weighted by atomic mass is 9.95. The molecule has 2 aliphatic rings. The molecule has 3 rings (SSSR count). The van der Waals surface area contributed by atoms with Gasteiger partial charge in [-0.05, 0) is 38.6 Å². The quantitative estimate of drug-likeness (QED) is 0.867. The van der Waals surface area contributed by atoms with Crippen LogP contribution >= 0.6 is 0 Å². The first kappa shape index (κ1) is 15.5. The van der Waals surface area contributed by atoms with Gasteiger partial charge in [0.15, 0.2) is 5.69 Å². The summed E-state index contributed by atoms with van der Waals surface area (Å²) in [5, 5.41) is 17.5. The van der Waals surface area contributed by atoms with Crippen LogP contribution in [0.4, 0.5) is 0 Å². The van der Waals surface area contributed by atoms with Crippen molar-refractivity contribution in [1.29, 1.82) is 0 Å². The molecular formula is C16H26N4O2. The Kier molecular flexibility index (Phi) is 4.78. The number of fused-ring (bicyclic) bond motifs is 1.